The van der Waals surface area contributed by atoms with Gasteiger partial charge in [-0.1, -0.05) is 6.58 Å². The van der Waals surface area contributed by atoms with Crippen molar-refractivity contribution in [2.75, 3.05) is 6.61 Å². The van der Waals surface area contributed by atoms with Crippen LogP contribution in [0.25, 0.3) is 0 Å². The van der Waals surface area contributed by atoms with Crippen molar-refractivity contribution >= 4 is 17.9 Å². The summed E-state index contributed by atoms with van der Waals surface area (Å²) in [5.41, 5.74) is -0.306. The topological polar surface area (TPSA) is 132 Å². The second kappa shape index (κ2) is 9.41. The number of aliphatic carboxylic acids is 3. The Labute approximate surface area is 90.9 Å². The van der Waals surface area contributed by atoms with E-state index in [-0.39, 0.29) is 18.6 Å². The van der Waals surface area contributed by atoms with Crippen molar-refractivity contribution in [1.29, 1.82) is 0 Å². The smallest absolute Gasteiger partial charge is 0.331 e. The summed E-state index contributed by atoms with van der Waals surface area (Å²) in [4.78, 5) is 29.4. The van der Waals surface area contributed by atoms with Crippen LogP contribution in [-0.2, 0) is 14.4 Å². The molecule has 16 heavy (non-hydrogen) atoms. The van der Waals surface area contributed by atoms with Gasteiger partial charge in [0.25, 0.3) is 0 Å². The molecule has 0 atom stereocenters. The first-order valence-corrected chi connectivity index (χ1v) is 3.98. The Bertz CT molecular complexity index is 303. The van der Waals surface area contributed by atoms with Crippen LogP contribution in [0, 0.1) is 0 Å². The van der Waals surface area contributed by atoms with Crippen molar-refractivity contribution in [2.45, 2.75) is 6.42 Å². The van der Waals surface area contributed by atoms with E-state index in [0.29, 0.717) is 6.08 Å². The number of carbonyl (C=O) groups is 3. The van der Waals surface area contributed by atoms with Gasteiger partial charge in [0.05, 0.1) is 0 Å². The van der Waals surface area contributed by atoms with Crippen LogP contribution in [0.15, 0.2) is 24.3 Å². The van der Waals surface area contributed by atoms with E-state index in [1.54, 1.807) is 0 Å². The van der Waals surface area contributed by atoms with Gasteiger partial charge in [0.1, 0.15) is 0 Å². The molecule has 0 aromatic carbocycles. The van der Waals surface area contributed by atoms with Gasteiger partial charge in [-0.2, -0.15) is 0 Å². The molecule has 90 valence electrons. The van der Waals surface area contributed by atoms with Gasteiger partial charge >= 0.3 is 17.9 Å². The quantitative estimate of drug-likeness (QED) is 0.479. The van der Waals surface area contributed by atoms with Crippen molar-refractivity contribution in [3.8, 4) is 0 Å². The van der Waals surface area contributed by atoms with Crippen molar-refractivity contribution in [1.82, 2.24) is 0 Å². The first kappa shape index (κ1) is 16.3. The maximum atomic E-state index is 10.2. The molecule has 0 aromatic heterocycles. The van der Waals surface area contributed by atoms with Gasteiger partial charge in [-0.25, -0.2) is 14.4 Å². The highest BCUT2D eigenvalue weighted by molar-refractivity contribution is 5.94. The van der Waals surface area contributed by atoms with Gasteiger partial charge < -0.3 is 20.4 Å². The maximum Gasteiger partial charge on any atom is 0.331 e. The maximum absolute atomic E-state index is 10.2. The number of carboxylic acids is 3. The number of carboxylic acid groups (broad SMARTS) is 3. The predicted octanol–water partition coefficient (Wildman–Crippen LogP) is -0.279. The summed E-state index contributed by atoms with van der Waals surface area (Å²) in [6.07, 6.45) is 1.25. The summed E-state index contributed by atoms with van der Waals surface area (Å²) in [7, 11) is 0. The van der Waals surface area contributed by atoms with E-state index in [1.807, 2.05) is 0 Å². The lowest BCUT2D eigenvalue weighted by Crippen LogP contribution is -2.05. The lowest BCUT2D eigenvalue weighted by Gasteiger charge is -1.95. The van der Waals surface area contributed by atoms with Gasteiger partial charge in [0.2, 0.25) is 0 Å². The molecule has 0 amide bonds. The summed E-state index contributed by atoms with van der Waals surface area (Å²) in [6, 6.07) is 0. The fourth-order valence-corrected chi connectivity index (χ4v) is 0.510. The first-order chi connectivity index (χ1) is 7.34. The van der Waals surface area contributed by atoms with Crippen LogP contribution in [0.4, 0.5) is 0 Å². The van der Waals surface area contributed by atoms with Gasteiger partial charge in [-0.15, -0.1) is 0 Å². The van der Waals surface area contributed by atoms with E-state index < -0.39 is 17.9 Å². The molecular formula is C9H12O7. The van der Waals surface area contributed by atoms with E-state index in [0.717, 1.165) is 6.08 Å². The molecule has 0 fully saturated rings. The minimum Gasteiger partial charge on any atom is -0.478 e. The lowest BCUT2D eigenvalue weighted by molar-refractivity contribution is -0.135. The standard InChI is InChI=1S/C6H8O5.C3H4O2/c7-2-1-4(6(10)11)3-5(8)9;1-2-3(4)5/h3,7H,1-2H2,(H,8,9)(H,10,11);2H,1H2,(H,4,5)/b4-3-;. The number of aliphatic hydroxyl groups excluding tert-OH is 1. The van der Waals surface area contributed by atoms with Crippen molar-refractivity contribution in [3.05, 3.63) is 24.3 Å². The second-order valence-corrected chi connectivity index (χ2v) is 2.33. The molecule has 7 heteroatoms. The largest absolute Gasteiger partial charge is 0.478 e. The molecule has 0 saturated carbocycles. The van der Waals surface area contributed by atoms with E-state index in [4.69, 9.17) is 20.4 Å². The van der Waals surface area contributed by atoms with Crippen LogP contribution in [-0.4, -0.2) is 44.9 Å². The Hall–Kier alpha value is -2.15. The molecule has 0 rings (SSSR count). The fraction of sp³-hybridized carbons (Fsp3) is 0.222. The molecule has 0 radical (unpaired) electrons. The molecule has 0 spiro atoms. The Kier molecular flexibility index (Phi) is 9.58. The van der Waals surface area contributed by atoms with Crippen molar-refractivity contribution in [2.24, 2.45) is 0 Å². The van der Waals surface area contributed by atoms with E-state index >= 15 is 0 Å². The zero-order chi connectivity index (χ0) is 13.1. The summed E-state index contributed by atoms with van der Waals surface area (Å²) >= 11 is 0. The third-order valence-electron chi connectivity index (χ3n) is 1.13. The minimum absolute atomic E-state index is 0.151. The first-order valence-electron chi connectivity index (χ1n) is 3.98. The molecule has 0 aliphatic carbocycles. The SMILES string of the molecule is C=CC(=O)O.O=C(O)/C=C(/CCO)C(=O)O. The van der Waals surface area contributed by atoms with Gasteiger partial charge in [0, 0.05) is 30.8 Å². The Morgan fingerprint density at radius 3 is 1.69 bits per heavy atom. The highest BCUT2D eigenvalue weighted by atomic mass is 16.4. The minimum atomic E-state index is -1.32. The van der Waals surface area contributed by atoms with Crippen LogP contribution in [0.2, 0.25) is 0 Å². The Morgan fingerprint density at radius 2 is 1.50 bits per heavy atom. The van der Waals surface area contributed by atoms with Crippen molar-refractivity contribution < 1.29 is 34.8 Å². The average molecular weight is 232 g/mol. The normalized spacial score (nSPS) is 9.69. The zero-order valence-electron chi connectivity index (χ0n) is 8.29. The summed E-state index contributed by atoms with van der Waals surface area (Å²) < 4.78 is 0. The molecule has 0 unspecified atom stereocenters. The highest BCUT2D eigenvalue weighted by Crippen LogP contribution is 1.99. The number of hydrogen-bond donors (Lipinski definition) is 4. The summed E-state index contributed by atoms with van der Waals surface area (Å²) in [5, 5.41) is 32.4. The van der Waals surface area contributed by atoms with Crippen LogP contribution >= 0.6 is 0 Å². The molecule has 7 nitrogen and oxygen atoms in total. The molecule has 0 bridgehead atoms. The summed E-state index contributed by atoms with van der Waals surface area (Å²) in [5.74, 6) is -3.62. The molecule has 0 aliphatic heterocycles. The Balaban J connectivity index is 0. The third kappa shape index (κ3) is 11.8. The second-order valence-electron chi connectivity index (χ2n) is 2.33. The average Bonchev–Trinajstić information content (AvgIpc) is 2.17. The number of rotatable bonds is 5. The van der Waals surface area contributed by atoms with Crippen LogP contribution in [0.3, 0.4) is 0 Å². The zero-order valence-corrected chi connectivity index (χ0v) is 8.29. The Morgan fingerprint density at radius 1 is 1.06 bits per heavy atom. The van der Waals surface area contributed by atoms with Gasteiger partial charge in [-0.3, -0.25) is 0 Å². The molecule has 4 N–H and O–H groups in total. The van der Waals surface area contributed by atoms with Gasteiger partial charge in [0.15, 0.2) is 0 Å². The molecule has 0 aromatic rings. The van der Waals surface area contributed by atoms with Crippen molar-refractivity contribution in [3.63, 3.8) is 0 Å². The fourth-order valence-electron chi connectivity index (χ4n) is 0.510. The third-order valence-corrected chi connectivity index (χ3v) is 1.13. The number of hydrogen-bond acceptors (Lipinski definition) is 4. The van der Waals surface area contributed by atoms with Crippen LogP contribution in [0.1, 0.15) is 6.42 Å². The lowest BCUT2D eigenvalue weighted by atomic mass is 10.2. The van der Waals surface area contributed by atoms with E-state index in [2.05, 4.69) is 6.58 Å². The van der Waals surface area contributed by atoms with E-state index in [9.17, 15) is 14.4 Å². The molecule has 0 saturated heterocycles. The number of aliphatic hydroxyl groups is 1. The monoisotopic (exact) mass is 232 g/mol. The predicted molar refractivity (Wildman–Crippen MR) is 52.9 cm³/mol. The molecular weight excluding hydrogens is 220 g/mol. The van der Waals surface area contributed by atoms with E-state index in [1.165, 1.54) is 0 Å². The van der Waals surface area contributed by atoms with Crippen LogP contribution < -0.4 is 0 Å². The highest BCUT2D eigenvalue weighted by Gasteiger charge is 2.07. The molecule has 0 aliphatic rings. The van der Waals surface area contributed by atoms with Crippen LogP contribution in [0.5, 0.6) is 0 Å². The van der Waals surface area contributed by atoms with Gasteiger partial charge in [-0.05, 0) is 0 Å². The molecule has 0 heterocycles. The summed E-state index contributed by atoms with van der Waals surface area (Å²) in [6.45, 7) is 2.59.